The molecule has 0 bridgehead atoms. The number of pyridine rings is 1. The van der Waals surface area contributed by atoms with Crippen molar-refractivity contribution in [1.82, 2.24) is 19.9 Å². The van der Waals surface area contributed by atoms with Crippen LogP contribution in [-0.2, 0) is 6.42 Å². The van der Waals surface area contributed by atoms with Crippen molar-refractivity contribution in [2.75, 3.05) is 0 Å². The largest absolute Gasteiger partial charge is 0.300 e. The summed E-state index contributed by atoms with van der Waals surface area (Å²) in [6, 6.07) is 15.5. The molecule has 23 heavy (non-hydrogen) atoms. The van der Waals surface area contributed by atoms with E-state index in [2.05, 4.69) is 57.3 Å². The van der Waals surface area contributed by atoms with Gasteiger partial charge in [0.15, 0.2) is 11.5 Å². The highest BCUT2D eigenvalue weighted by Gasteiger charge is 2.26. The Morgan fingerprint density at radius 3 is 2.96 bits per heavy atom. The summed E-state index contributed by atoms with van der Waals surface area (Å²) in [6.45, 7) is 2.22. The van der Waals surface area contributed by atoms with E-state index < -0.39 is 0 Å². The number of aryl methyl sites for hydroxylation is 1. The van der Waals surface area contributed by atoms with Crippen molar-refractivity contribution in [3.8, 4) is 0 Å². The van der Waals surface area contributed by atoms with Gasteiger partial charge in [-0.15, -0.1) is 10.2 Å². The third-order valence-electron chi connectivity index (χ3n) is 4.76. The van der Waals surface area contributed by atoms with Gasteiger partial charge in [0.05, 0.1) is 6.04 Å². The monoisotopic (exact) mass is 306 g/mol. The van der Waals surface area contributed by atoms with Crippen LogP contribution >= 0.6 is 0 Å². The van der Waals surface area contributed by atoms with Crippen LogP contribution in [0, 0.1) is 0 Å². The van der Waals surface area contributed by atoms with E-state index >= 15 is 0 Å². The standard InChI is InChI=1S/C19H22N4/c1-2-7-17(19-22-21-18-10-5-6-13-23(18)19)20-16-12-11-14-8-3-4-9-15(14)16/h3-6,8-10,13,16-17,20H,2,7,11-12H2,1H3/t16-,17-/m0/s1. The number of nitrogens with zero attached hydrogens (tertiary/aromatic N) is 3. The number of rotatable bonds is 5. The molecular formula is C19H22N4. The first-order chi connectivity index (χ1) is 11.4. The summed E-state index contributed by atoms with van der Waals surface area (Å²) >= 11 is 0. The molecule has 1 aromatic carbocycles. The lowest BCUT2D eigenvalue weighted by molar-refractivity contribution is 0.402. The Morgan fingerprint density at radius 1 is 1.17 bits per heavy atom. The van der Waals surface area contributed by atoms with Crippen molar-refractivity contribution in [2.45, 2.75) is 44.7 Å². The van der Waals surface area contributed by atoms with Gasteiger partial charge in [-0.05, 0) is 42.5 Å². The van der Waals surface area contributed by atoms with Gasteiger partial charge in [-0.1, -0.05) is 43.7 Å². The predicted octanol–water partition coefficient (Wildman–Crippen LogP) is 3.85. The summed E-state index contributed by atoms with van der Waals surface area (Å²) in [5.41, 5.74) is 3.84. The molecule has 0 fully saturated rings. The second kappa shape index (κ2) is 6.13. The molecule has 1 N–H and O–H groups in total. The molecule has 2 atom stereocenters. The average Bonchev–Trinajstić information content (AvgIpc) is 3.19. The molecule has 4 rings (SSSR count). The Morgan fingerprint density at radius 2 is 2.04 bits per heavy atom. The first-order valence-electron chi connectivity index (χ1n) is 8.50. The molecule has 0 unspecified atom stereocenters. The van der Waals surface area contributed by atoms with Crippen molar-refractivity contribution < 1.29 is 0 Å². The predicted molar refractivity (Wildman–Crippen MR) is 91.3 cm³/mol. The Bertz CT molecular complexity index is 808. The Balaban J connectivity index is 1.64. The highest BCUT2D eigenvalue weighted by Crippen LogP contribution is 2.33. The minimum absolute atomic E-state index is 0.230. The molecule has 118 valence electrons. The van der Waals surface area contributed by atoms with Gasteiger partial charge in [-0.25, -0.2) is 0 Å². The van der Waals surface area contributed by atoms with E-state index in [1.54, 1.807) is 0 Å². The van der Waals surface area contributed by atoms with E-state index in [1.807, 2.05) is 18.2 Å². The summed E-state index contributed by atoms with van der Waals surface area (Å²) in [6.07, 6.45) is 6.56. The van der Waals surface area contributed by atoms with Gasteiger partial charge in [0.2, 0.25) is 0 Å². The number of benzene rings is 1. The highest BCUT2D eigenvalue weighted by atomic mass is 15.3. The molecular weight excluding hydrogens is 284 g/mol. The number of aromatic nitrogens is 3. The molecule has 2 aromatic heterocycles. The number of hydrogen-bond donors (Lipinski definition) is 1. The topological polar surface area (TPSA) is 42.2 Å². The van der Waals surface area contributed by atoms with Crippen LogP contribution in [-0.4, -0.2) is 14.6 Å². The zero-order valence-corrected chi connectivity index (χ0v) is 13.4. The lowest BCUT2D eigenvalue weighted by atomic mass is 10.1. The van der Waals surface area contributed by atoms with Gasteiger partial charge in [0.25, 0.3) is 0 Å². The van der Waals surface area contributed by atoms with E-state index in [4.69, 9.17) is 0 Å². The zero-order valence-electron chi connectivity index (χ0n) is 13.4. The van der Waals surface area contributed by atoms with E-state index in [-0.39, 0.29) is 6.04 Å². The molecule has 0 amide bonds. The van der Waals surface area contributed by atoms with E-state index in [1.165, 1.54) is 11.1 Å². The average molecular weight is 306 g/mol. The van der Waals surface area contributed by atoms with E-state index in [0.717, 1.165) is 37.2 Å². The van der Waals surface area contributed by atoms with Crippen molar-refractivity contribution in [1.29, 1.82) is 0 Å². The maximum Gasteiger partial charge on any atom is 0.160 e. The fraction of sp³-hybridized carbons (Fsp3) is 0.368. The molecule has 0 saturated heterocycles. The quantitative estimate of drug-likeness (QED) is 0.778. The molecule has 4 nitrogen and oxygen atoms in total. The molecule has 0 spiro atoms. The second-order valence-electron chi connectivity index (χ2n) is 6.29. The third-order valence-corrected chi connectivity index (χ3v) is 4.76. The Hall–Kier alpha value is -2.20. The third kappa shape index (κ3) is 2.63. The van der Waals surface area contributed by atoms with E-state index in [9.17, 15) is 0 Å². The van der Waals surface area contributed by atoms with Crippen LogP contribution in [0.1, 0.15) is 55.2 Å². The van der Waals surface area contributed by atoms with Crippen LogP contribution in [0.15, 0.2) is 48.7 Å². The van der Waals surface area contributed by atoms with Gasteiger partial charge in [-0.3, -0.25) is 4.40 Å². The summed E-state index contributed by atoms with van der Waals surface area (Å²) in [7, 11) is 0. The minimum Gasteiger partial charge on any atom is -0.300 e. The summed E-state index contributed by atoms with van der Waals surface area (Å²) < 4.78 is 2.11. The fourth-order valence-electron chi connectivity index (χ4n) is 3.65. The molecule has 1 aliphatic rings. The molecule has 0 aliphatic heterocycles. The van der Waals surface area contributed by atoms with Gasteiger partial charge in [0.1, 0.15) is 0 Å². The minimum atomic E-state index is 0.230. The van der Waals surface area contributed by atoms with Crippen LogP contribution in [0.3, 0.4) is 0 Å². The SMILES string of the molecule is CCC[C@H](N[C@H]1CCc2ccccc21)c1nnc2ccccn12. The number of hydrogen-bond acceptors (Lipinski definition) is 3. The van der Waals surface area contributed by atoms with Crippen molar-refractivity contribution >= 4 is 5.65 Å². The van der Waals surface area contributed by atoms with Crippen molar-refractivity contribution in [3.05, 3.63) is 65.6 Å². The Kier molecular flexibility index (Phi) is 3.83. The van der Waals surface area contributed by atoms with Crippen LogP contribution in [0.25, 0.3) is 5.65 Å². The molecule has 2 heterocycles. The first kappa shape index (κ1) is 14.4. The van der Waals surface area contributed by atoms with Gasteiger partial charge in [0, 0.05) is 12.2 Å². The van der Waals surface area contributed by atoms with Gasteiger partial charge < -0.3 is 5.32 Å². The van der Waals surface area contributed by atoms with Gasteiger partial charge in [-0.2, -0.15) is 0 Å². The summed E-state index contributed by atoms with van der Waals surface area (Å²) in [5.74, 6) is 1.02. The van der Waals surface area contributed by atoms with Crippen LogP contribution in [0.4, 0.5) is 0 Å². The van der Waals surface area contributed by atoms with E-state index in [0.29, 0.717) is 6.04 Å². The molecule has 4 heteroatoms. The summed E-state index contributed by atoms with van der Waals surface area (Å²) in [5, 5.41) is 12.6. The molecule has 0 radical (unpaired) electrons. The lowest BCUT2D eigenvalue weighted by Crippen LogP contribution is -2.26. The first-order valence-corrected chi connectivity index (χ1v) is 8.50. The lowest BCUT2D eigenvalue weighted by Gasteiger charge is -2.22. The molecule has 3 aromatic rings. The van der Waals surface area contributed by atoms with Crippen molar-refractivity contribution in [3.63, 3.8) is 0 Å². The second-order valence-corrected chi connectivity index (χ2v) is 6.29. The normalized spacial score (nSPS) is 18.2. The maximum atomic E-state index is 4.46. The summed E-state index contributed by atoms with van der Waals surface area (Å²) in [4.78, 5) is 0. The number of fused-ring (bicyclic) bond motifs is 2. The van der Waals surface area contributed by atoms with Crippen LogP contribution < -0.4 is 5.32 Å². The van der Waals surface area contributed by atoms with Gasteiger partial charge >= 0.3 is 0 Å². The molecule has 1 aliphatic carbocycles. The van der Waals surface area contributed by atoms with Crippen LogP contribution in [0.5, 0.6) is 0 Å². The smallest absolute Gasteiger partial charge is 0.160 e. The van der Waals surface area contributed by atoms with Crippen LogP contribution in [0.2, 0.25) is 0 Å². The highest BCUT2D eigenvalue weighted by molar-refractivity contribution is 5.38. The Labute approximate surface area is 136 Å². The maximum absolute atomic E-state index is 4.46. The zero-order chi connectivity index (χ0) is 15.6. The molecule has 0 saturated carbocycles. The fourth-order valence-corrected chi connectivity index (χ4v) is 3.65. The van der Waals surface area contributed by atoms with Crippen molar-refractivity contribution in [2.24, 2.45) is 0 Å². The number of nitrogens with one attached hydrogen (secondary N) is 1.